The number of hydrogen-bond acceptors (Lipinski definition) is 5. The van der Waals surface area contributed by atoms with Gasteiger partial charge in [-0.3, -0.25) is 25.4 Å². The average molecular weight is 474 g/mol. The van der Waals surface area contributed by atoms with Gasteiger partial charge in [-0.2, -0.15) is 9.89 Å². The van der Waals surface area contributed by atoms with Crippen LogP contribution in [0, 0.1) is 12.7 Å². The monoisotopic (exact) mass is 474 g/mol. The van der Waals surface area contributed by atoms with Gasteiger partial charge < -0.3 is 5.11 Å². The molecule has 10 nitrogen and oxygen atoms in total. The standard InChI is InChI=1S/C24H19FN6O4/c1-14-3-2-4-17(13-14)19-20(15-5-7-18(25)8-6-15)29-31(30-24(34)35)21(19)23(33)28-27-22(32)16-9-11-26-12-10-16/h2-13,30H,1H3,(H,27,32)(H,28,33)(H,34,35). The normalized spacial score (nSPS) is 10.5. The van der Waals surface area contributed by atoms with Gasteiger partial charge in [0.05, 0.1) is 0 Å². The van der Waals surface area contributed by atoms with Crippen LogP contribution in [0.1, 0.15) is 26.4 Å². The van der Waals surface area contributed by atoms with Crippen molar-refractivity contribution in [2.75, 3.05) is 5.43 Å². The van der Waals surface area contributed by atoms with Crippen LogP contribution < -0.4 is 16.3 Å². The van der Waals surface area contributed by atoms with E-state index in [-0.39, 0.29) is 22.5 Å². The molecule has 4 N–H and O–H groups in total. The molecule has 4 aromatic rings. The summed E-state index contributed by atoms with van der Waals surface area (Å²) in [4.78, 5) is 41.7. The number of carboxylic acid groups (broad SMARTS) is 1. The molecule has 0 aliphatic rings. The van der Waals surface area contributed by atoms with Crippen molar-refractivity contribution in [2.45, 2.75) is 6.92 Å². The van der Waals surface area contributed by atoms with E-state index in [1.165, 1.54) is 48.8 Å². The van der Waals surface area contributed by atoms with Crippen molar-refractivity contribution in [3.63, 3.8) is 0 Å². The number of hydrazine groups is 1. The number of rotatable bonds is 5. The highest BCUT2D eigenvalue weighted by Gasteiger charge is 2.27. The van der Waals surface area contributed by atoms with Gasteiger partial charge in [-0.05, 0) is 48.9 Å². The highest BCUT2D eigenvalue weighted by Crippen LogP contribution is 2.35. The molecular formula is C24H19FN6O4. The zero-order chi connectivity index (χ0) is 24.9. The minimum Gasteiger partial charge on any atom is -0.464 e. The van der Waals surface area contributed by atoms with E-state index in [2.05, 4.69) is 26.4 Å². The number of nitrogens with zero attached hydrogens (tertiary/aromatic N) is 3. The molecule has 35 heavy (non-hydrogen) atoms. The highest BCUT2D eigenvalue weighted by atomic mass is 19.1. The van der Waals surface area contributed by atoms with Gasteiger partial charge >= 0.3 is 6.09 Å². The Kier molecular flexibility index (Phi) is 6.49. The lowest BCUT2D eigenvalue weighted by Crippen LogP contribution is -2.43. The van der Waals surface area contributed by atoms with Gasteiger partial charge in [0.1, 0.15) is 11.5 Å². The predicted octanol–water partition coefficient (Wildman–Crippen LogP) is 3.36. The minimum absolute atomic E-state index is 0.188. The molecule has 2 heterocycles. The number of pyridine rings is 1. The van der Waals surface area contributed by atoms with Crippen LogP contribution in [0.2, 0.25) is 0 Å². The lowest BCUT2D eigenvalue weighted by atomic mass is 9.97. The zero-order valence-corrected chi connectivity index (χ0v) is 18.3. The Balaban J connectivity index is 1.81. The van der Waals surface area contributed by atoms with Crippen LogP contribution in [0.4, 0.5) is 9.18 Å². The fraction of sp³-hybridized carbons (Fsp3) is 0.0417. The van der Waals surface area contributed by atoms with Gasteiger partial charge in [0.25, 0.3) is 11.8 Å². The number of amides is 3. The van der Waals surface area contributed by atoms with Crippen molar-refractivity contribution in [3.8, 4) is 22.4 Å². The van der Waals surface area contributed by atoms with Crippen molar-refractivity contribution in [1.29, 1.82) is 0 Å². The SMILES string of the molecule is Cc1cccc(-c2c(-c3ccc(F)cc3)nn(NC(=O)O)c2C(=O)NNC(=O)c2ccncc2)c1. The van der Waals surface area contributed by atoms with Crippen LogP contribution in [-0.2, 0) is 0 Å². The number of aromatic nitrogens is 3. The maximum absolute atomic E-state index is 13.6. The first-order valence-corrected chi connectivity index (χ1v) is 10.3. The topological polar surface area (TPSA) is 138 Å². The van der Waals surface area contributed by atoms with Gasteiger partial charge in [-0.25, -0.2) is 14.6 Å². The molecule has 3 amide bonds. The third-order valence-corrected chi connectivity index (χ3v) is 4.96. The number of carbonyl (C=O) groups is 3. The zero-order valence-electron chi connectivity index (χ0n) is 18.3. The molecule has 0 bridgehead atoms. The number of benzene rings is 2. The molecule has 2 aromatic heterocycles. The molecule has 2 aromatic carbocycles. The molecule has 4 rings (SSSR count). The van der Waals surface area contributed by atoms with Crippen LogP contribution in [-0.4, -0.2) is 37.9 Å². The number of hydrogen-bond donors (Lipinski definition) is 4. The van der Waals surface area contributed by atoms with Gasteiger partial charge in [0, 0.05) is 29.1 Å². The largest absolute Gasteiger partial charge is 0.464 e. The summed E-state index contributed by atoms with van der Waals surface area (Å²) < 4.78 is 13.6. The lowest BCUT2D eigenvalue weighted by molar-refractivity contribution is 0.0841. The van der Waals surface area contributed by atoms with E-state index in [9.17, 15) is 23.9 Å². The van der Waals surface area contributed by atoms with E-state index < -0.39 is 23.7 Å². The van der Waals surface area contributed by atoms with Crippen molar-refractivity contribution in [1.82, 2.24) is 25.7 Å². The first kappa shape index (κ1) is 23.1. The summed E-state index contributed by atoms with van der Waals surface area (Å²) in [6, 6.07) is 15.5. The Morgan fingerprint density at radius 1 is 0.914 bits per heavy atom. The van der Waals surface area contributed by atoms with Crippen LogP contribution in [0.25, 0.3) is 22.4 Å². The second kappa shape index (κ2) is 9.83. The number of nitrogens with one attached hydrogen (secondary N) is 3. The molecule has 0 radical (unpaired) electrons. The molecule has 0 spiro atoms. The first-order valence-electron chi connectivity index (χ1n) is 10.3. The summed E-state index contributed by atoms with van der Waals surface area (Å²) in [7, 11) is 0. The maximum atomic E-state index is 13.6. The van der Waals surface area contributed by atoms with Crippen LogP contribution in [0.3, 0.4) is 0 Å². The van der Waals surface area contributed by atoms with E-state index in [0.29, 0.717) is 11.1 Å². The Hall–Kier alpha value is -5.06. The first-order chi connectivity index (χ1) is 16.8. The molecule has 0 saturated carbocycles. The number of aryl methyl sites for hydroxylation is 1. The molecule has 0 saturated heterocycles. The Morgan fingerprint density at radius 3 is 2.26 bits per heavy atom. The summed E-state index contributed by atoms with van der Waals surface area (Å²) >= 11 is 0. The van der Waals surface area contributed by atoms with Crippen LogP contribution >= 0.6 is 0 Å². The predicted molar refractivity (Wildman–Crippen MR) is 124 cm³/mol. The second-order valence-electron chi connectivity index (χ2n) is 7.42. The van der Waals surface area contributed by atoms with Crippen LogP contribution in [0.15, 0.2) is 73.1 Å². The Bertz CT molecular complexity index is 1400. The van der Waals surface area contributed by atoms with Crippen molar-refractivity contribution in [2.24, 2.45) is 0 Å². The Morgan fingerprint density at radius 2 is 1.60 bits per heavy atom. The van der Waals surface area contributed by atoms with Gasteiger partial charge in [0.2, 0.25) is 0 Å². The smallest absolute Gasteiger partial charge is 0.425 e. The highest BCUT2D eigenvalue weighted by molar-refractivity contribution is 6.05. The molecule has 0 unspecified atom stereocenters. The maximum Gasteiger partial charge on any atom is 0.425 e. The van der Waals surface area contributed by atoms with Gasteiger partial charge in [-0.1, -0.05) is 29.8 Å². The molecule has 0 aliphatic carbocycles. The van der Waals surface area contributed by atoms with E-state index in [0.717, 1.165) is 10.4 Å². The Labute approximate surface area is 198 Å². The second-order valence-corrected chi connectivity index (χ2v) is 7.42. The van der Waals surface area contributed by atoms with Crippen LogP contribution in [0.5, 0.6) is 0 Å². The minimum atomic E-state index is -1.47. The molecular weight excluding hydrogens is 455 g/mol. The molecule has 176 valence electrons. The van der Waals surface area contributed by atoms with Crippen molar-refractivity contribution in [3.05, 3.63) is 95.7 Å². The lowest BCUT2D eigenvalue weighted by Gasteiger charge is -2.11. The van der Waals surface area contributed by atoms with Crippen molar-refractivity contribution >= 4 is 17.9 Å². The van der Waals surface area contributed by atoms with E-state index in [1.54, 1.807) is 18.2 Å². The number of halogens is 1. The third-order valence-electron chi connectivity index (χ3n) is 4.96. The van der Waals surface area contributed by atoms with Gasteiger partial charge in [-0.15, -0.1) is 0 Å². The summed E-state index contributed by atoms with van der Waals surface area (Å²) in [5.41, 5.74) is 9.12. The fourth-order valence-corrected chi connectivity index (χ4v) is 3.43. The summed E-state index contributed by atoms with van der Waals surface area (Å²) in [5.74, 6) is -1.90. The summed E-state index contributed by atoms with van der Waals surface area (Å²) in [6.07, 6.45) is 1.38. The summed E-state index contributed by atoms with van der Waals surface area (Å²) in [6.45, 7) is 1.86. The number of carbonyl (C=O) groups excluding carboxylic acids is 2. The fourth-order valence-electron chi connectivity index (χ4n) is 3.43. The average Bonchev–Trinajstić information content (AvgIpc) is 3.21. The summed E-state index contributed by atoms with van der Waals surface area (Å²) in [5, 5.41) is 13.6. The van der Waals surface area contributed by atoms with Gasteiger partial charge in [0.15, 0.2) is 5.69 Å². The molecule has 0 atom stereocenters. The molecule has 0 aliphatic heterocycles. The van der Waals surface area contributed by atoms with E-state index in [1.807, 2.05) is 13.0 Å². The quantitative estimate of drug-likeness (QED) is 0.327. The third kappa shape index (κ3) is 5.14. The molecule has 11 heteroatoms. The molecule has 0 fully saturated rings. The van der Waals surface area contributed by atoms with E-state index in [4.69, 9.17) is 0 Å². The van der Waals surface area contributed by atoms with Crippen molar-refractivity contribution < 1.29 is 23.9 Å². The van der Waals surface area contributed by atoms with E-state index >= 15 is 0 Å².